The maximum Gasteiger partial charge on any atom is 0.307 e. The zero-order valence-electron chi connectivity index (χ0n) is 30.3. The highest BCUT2D eigenvalue weighted by Crippen LogP contribution is 2.57. The number of carbonyl (C=O) groups excluding carboxylic acids is 4. The van der Waals surface area contributed by atoms with Crippen LogP contribution in [0.2, 0.25) is 5.02 Å². The van der Waals surface area contributed by atoms with Gasteiger partial charge >= 0.3 is 5.97 Å². The molecule has 51 heavy (non-hydrogen) atoms. The Morgan fingerprint density at radius 2 is 1.82 bits per heavy atom. The molecule has 1 saturated heterocycles. The second kappa shape index (κ2) is 14.0. The van der Waals surface area contributed by atoms with Gasteiger partial charge in [0.1, 0.15) is 17.5 Å². The number of carbonyl (C=O) groups is 4. The van der Waals surface area contributed by atoms with Gasteiger partial charge < -0.3 is 19.1 Å². The van der Waals surface area contributed by atoms with Crippen molar-refractivity contribution in [2.24, 2.45) is 22.7 Å². The molecule has 5 rings (SSSR count). The Kier molecular flexibility index (Phi) is 10.6. The Balaban J connectivity index is 1.46. The first-order valence-corrected chi connectivity index (χ1v) is 19.1. The van der Waals surface area contributed by atoms with Gasteiger partial charge in [0.25, 0.3) is 0 Å². The van der Waals surface area contributed by atoms with Crippen LogP contribution in [0.4, 0.5) is 0 Å². The van der Waals surface area contributed by atoms with Crippen LogP contribution in [0.5, 0.6) is 11.6 Å². The molecule has 2 amide bonds. The number of nitrogens with zero attached hydrogens (tertiary/aromatic N) is 2. The molecule has 1 aromatic heterocycles. The van der Waals surface area contributed by atoms with Crippen LogP contribution in [0.25, 0.3) is 10.8 Å². The SMILES string of the molecule is C=C[C@@H]1C[C@]1(CC(=O)[C@@H]1C[C@@H](Oc2ncc(OC)c3ccc(Cl)cc23)CN1C(=O)[C@@H](CC(=O)OC(C)(C)C)C(C)(C)C)C(=O)NS(=O)(=O)C1CC1. The average molecular weight is 746 g/mol. The Morgan fingerprint density at radius 3 is 2.39 bits per heavy atom. The third-order valence-corrected chi connectivity index (χ3v) is 11.9. The first kappa shape index (κ1) is 38.5. The van der Waals surface area contributed by atoms with Crippen molar-refractivity contribution >= 4 is 56.0 Å². The predicted octanol–water partition coefficient (Wildman–Crippen LogP) is 5.40. The third-order valence-electron chi connectivity index (χ3n) is 9.88. The number of benzene rings is 1. The number of sulfonamides is 1. The van der Waals surface area contributed by atoms with Crippen molar-refractivity contribution in [3.8, 4) is 11.6 Å². The van der Waals surface area contributed by atoms with Crippen molar-refractivity contribution in [3.05, 3.63) is 42.1 Å². The molecule has 1 aromatic carbocycles. The number of ether oxygens (including phenoxy) is 3. The molecule has 1 N–H and O–H groups in total. The first-order chi connectivity index (χ1) is 23.7. The highest BCUT2D eigenvalue weighted by Gasteiger charge is 2.61. The van der Waals surface area contributed by atoms with Gasteiger partial charge in [-0.15, -0.1) is 6.58 Å². The lowest BCUT2D eigenvalue weighted by Crippen LogP contribution is -2.49. The van der Waals surface area contributed by atoms with Crippen LogP contribution >= 0.6 is 11.6 Å². The molecule has 1 aliphatic heterocycles. The highest BCUT2D eigenvalue weighted by atomic mass is 35.5. The normalized spacial score (nSPS) is 24.1. The van der Waals surface area contributed by atoms with E-state index in [0.717, 1.165) is 0 Å². The zero-order valence-corrected chi connectivity index (χ0v) is 31.9. The molecule has 3 fully saturated rings. The number of fused-ring (bicyclic) bond motifs is 1. The number of halogens is 1. The van der Waals surface area contributed by atoms with Crippen molar-refractivity contribution < 1.29 is 41.8 Å². The number of amides is 2. The van der Waals surface area contributed by atoms with Gasteiger partial charge in [0, 0.05) is 28.6 Å². The monoisotopic (exact) mass is 745 g/mol. The van der Waals surface area contributed by atoms with E-state index in [1.54, 1.807) is 45.0 Å². The zero-order chi connectivity index (χ0) is 37.7. The van der Waals surface area contributed by atoms with Crippen LogP contribution in [-0.4, -0.2) is 78.5 Å². The van der Waals surface area contributed by atoms with E-state index >= 15 is 0 Å². The minimum absolute atomic E-state index is 0.00789. The molecule has 14 heteroatoms. The van der Waals surface area contributed by atoms with E-state index in [4.69, 9.17) is 25.8 Å². The number of likely N-dealkylation sites (tertiary alicyclic amines) is 1. The second-order valence-electron chi connectivity index (χ2n) is 16.0. The lowest BCUT2D eigenvalue weighted by molar-refractivity contribution is -0.161. The van der Waals surface area contributed by atoms with Gasteiger partial charge in [-0.3, -0.25) is 23.9 Å². The minimum Gasteiger partial charge on any atom is -0.494 e. The smallest absolute Gasteiger partial charge is 0.307 e. The van der Waals surface area contributed by atoms with Gasteiger partial charge in [-0.1, -0.05) is 38.4 Å². The molecular formula is C37H48ClN3O9S. The summed E-state index contributed by atoms with van der Waals surface area (Å²) in [4.78, 5) is 61.4. The van der Waals surface area contributed by atoms with Crippen LogP contribution < -0.4 is 14.2 Å². The van der Waals surface area contributed by atoms with E-state index < -0.39 is 79.3 Å². The summed E-state index contributed by atoms with van der Waals surface area (Å²) in [5.74, 6) is -2.66. The number of hydrogen-bond donors (Lipinski definition) is 1. The second-order valence-corrected chi connectivity index (χ2v) is 18.4. The summed E-state index contributed by atoms with van der Waals surface area (Å²) in [5, 5.41) is 1.11. The number of pyridine rings is 1. The van der Waals surface area contributed by atoms with Crippen molar-refractivity contribution in [1.29, 1.82) is 0 Å². The number of ketones is 1. The van der Waals surface area contributed by atoms with Crippen LogP contribution in [-0.2, 0) is 33.9 Å². The largest absolute Gasteiger partial charge is 0.494 e. The number of allylic oxidation sites excluding steroid dienone is 1. The number of hydrogen-bond acceptors (Lipinski definition) is 10. The topological polar surface area (TPSA) is 158 Å². The maximum atomic E-state index is 14.5. The molecule has 5 atom stereocenters. The Labute approximate surface area is 304 Å². The number of aromatic nitrogens is 1. The van der Waals surface area contributed by atoms with E-state index in [0.29, 0.717) is 34.4 Å². The lowest BCUT2D eigenvalue weighted by Gasteiger charge is -2.35. The van der Waals surface area contributed by atoms with Crippen molar-refractivity contribution in [2.45, 2.75) is 103 Å². The van der Waals surface area contributed by atoms with E-state index in [-0.39, 0.29) is 38.1 Å². The van der Waals surface area contributed by atoms with E-state index in [1.807, 2.05) is 20.8 Å². The van der Waals surface area contributed by atoms with E-state index in [2.05, 4.69) is 16.3 Å². The molecule has 0 radical (unpaired) electrons. The maximum absolute atomic E-state index is 14.5. The molecule has 2 aromatic rings. The summed E-state index contributed by atoms with van der Waals surface area (Å²) in [5.41, 5.74) is -2.77. The molecule has 2 heterocycles. The molecule has 0 unspecified atom stereocenters. The summed E-state index contributed by atoms with van der Waals surface area (Å²) in [6, 6.07) is 4.16. The molecule has 278 valence electrons. The van der Waals surface area contributed by atoms with Crippen molar-refractivity contribution in [1.82, 2.24) is 14.6 Å². The van der Waals surface area contributed by atoms with Crippen LogP contribution in [0.15, 0.2) is 37.1 Å². The van der Waals surface area contributed by atoms with Gasteiger partial charge in [0.05, 0.1) is 48.9 Å². The summed E-state index contributed by atoms with van der Waals surface area (Å²) in [6.45, 7) is 14.6. The number of rotatable bonds is 13. The van der Waals surface area contributed by atoms with Crippen molar-refractivity contribution in [3.63, 3.8) is 0 Å². The molecule has 2 saturated carbocycles. The predicted molar refractivity (Wildman–Crippen MR) is 192 cm³/mol. The number of esters is 1. The fourth-order valence-electron chi connectivity index (χ4n) is 6.83. The Morgan fingerprint density at radius 1 is 1.14 bits per heavy atom. The average Bonchev–Trinajstić information content (AvgIpc) is 3.95. The molecular weight excluding hydrogens is 698 g/mol. The van der Waals surface area contributed by atoms with Crippen molar-refractivity contribution in [2.75, 3.05) is 13.7 Å². The molecule has 2 aliphatic carbocycles. The van der Waals surface area contributed by atoms with E-state index in [9.17, 15) is 27.6 Å². The molecule has 0 bridgehead atoms. The molecule has 3 aliphatic rings. The fraction of sp³-hybridized carbons (Fsp3) is 0.595. The number of methoxy groups -OCH3 is 1. The van der Waals surface area contributed by atoms with Gasteiger partial charge in [0.15, 0.2) is 5.78 Å². The van der Waals surface area contributed by atoms with Gasteiger partial charge in [-0.25, -0.2) is 13.4 Å². The van der Waals surface area contributed by atoms with E-state index in [1.165, 1.54) is 18.2 Å². The number of nitrogens with one attached hydrogen (secondary N) is 1. The molecule has 0 spiro atoms. The minimum atomic E-state index is -3.86. The fourth-order valence-corrected chi connectivity index (χ4v) is 8.39. The van der Waals surface area contributed by atoms with Gasteiger partial charge in [0.2, 0.25) is 27.7 Å². The third kappa shape index (κ3) is 8.51. The quantitative estimate of drug-likeness (QED) is 0.208. The van der Waals surface area contributed by atoms with Crippen LogP contribution in [0, 0.1) is 22.7 Å². The summed E-state index contributed by atoms with van der Waals surface area (Å²) >= 11 is 6.33. The highest BCUT2D eigenvalue weighted by molar-refractivity contribution is 7.90. The Bertz CT molecular complexity index is 1850. The Hall–Kier alpha value is -3.71. The standard InChI is InChI=1S/C37H48ClN3O9S/c1-9-21-17-37(21,34(45)40-51(46,47)24-11-12-24)18-29(42)28-15-23(49-32-26-14-22(38)10-13-25(26)30(48-8)19-39-32)20-41(28)33(44)27(35(2,3)4)16-31(43)50-36(5,6)7/h9-10,13-14,19,21,23-24,27-28H,1,11-12,15-18,20H2,2-8H3,(H,40,45)/t21-,23-,27-,28+,37-/m1/s1. The first-order valence-electron chi connectivity index (χ1n) is 17.2. The number of Topliss-reactive ketones (excluding diaryl/α,β-unsaturated/α-hetero) is 1. The van der Waals surface area contributed by atoms with Crippen LogP contribution in [0.1, 0.15) is 80.1 Å². The summed E-state index contributed by atoms with van der Waals surface area (Å²) < 4.78 is 45.1. The summed E-state index contributed by atoms with van der Waals surface area (Å²) in [7, 11) is -2.34. The molecule has 12 nitrogen and oxygen atoms in total. The van der Waals surface area contributed by atoms with Crippen LogP contribution in [0.3, 0.4) is 0 Å². The summed E-state index contributed by atoms with van der Waals surface area (Å²) in [6.07, 6.45) is 3.12. The van der Waals surface area contributed by atoms with Gasteiger partial charge in [-0.2, -0.15) is 0 Å². The van der Waals surface area contributed by atoms with Gasteiger partial charge in [-0.05, 0) is 69.6 Å². The lowest BCUT2D eigenvalue weighted by atomic mass is 9.77.